The van der Waals surface area contributed by atoms with Crippen LogP contribution in [-0.2, 0) is 0 Å². The molecule has 0 spiro atoms. The van der Waals surface area contributed by atoms with Gasteiger partial charge < -0.3 is 9.80 Å². The molecule has 1 fully saturated rings. The molecule has 1 saturated heterocycles. The number of nitrogens with zero attached hydrogens (tertiary/aromatic N) is 2. The van der Waals surface area contributed by atoms with E-state index in [0.29, 0.717) is 37.3 Å². The molecule has 0 radical (unpaired) electrons. The third kappa shape index (κ3) is 4.50. The Kier molecular flexibility index (Phi) is 5.91. The first-order chi connectivity index (χ1) is 12.0. The SMILES string of the molecule is O=C(c1ccc(Br)cc1)N1CCCN(C(=O)c2ccc(Br)cc2)CC1. The van der Waals surface area contributed by atoms with Gasteiger partial charge in [0.05, 0.1) is 0 Å². The smallest absolute Gasteiger partial charge is 0.253 e. The van der Waals surface area contributed by atoms with Crippen molar-refractivity contribution >= 4 is 43.7 Å². The Morgan fingerprint density at radius 2 is 1.00 bits per heavy atom. The van der Waals surface area contributed by atoms with Crippen molar-refractivity contribution in [3.05, 3.63) is 68.6 Å². The maximum absolute atomic E-state index is 12.6. The zero-order valence-electron chi connectivity index (χ0n) is 13.6. The molecule has 2 aromatic carbocycles. The highest BCUT2D eigenvalue weighted by molar-refractivity contribution is 9.10. The van der Waals surface area contributed by atoms with Gasteiger partial charge in [0.25, 0.3) is 11.8 Å². The Bertz CT molecular complexity index is 694. The van der Waals surface area contributed by atoms with E-state index in [0.717, 1.165) is 15.4 Å². The molecule has 0 unspecified atom stereocenters. The van der Waals surface area contributed by atoms with Gasteiger partial charge in [0.2, 0.25) is 0 Å². The van der Waals surface area contributed by atoms with Gasteiger partial charge >= 0.3 is 0 Å². The van der Waals surface area contributed by atoms with Gasteiger partial charge in [0.1, 0.15) is 0 Å². The quantitative estimate of drug-likeness (QED) is 0.666. The van der Waals surface area contributed by atoms with Crippen LogP contribution >= 0.6 is 31.9 Å². The summed E-state index contributed by atoms with van der Waals surface area (Å²) in [7, 11) is 0. The number of carbonyl (C=O) groups excluding carboxylic acids is 2. The number of benzene rings is 2. The number of carbonyl (C=O) groups is 2. The average Bonchev–Trinajstić information content (AvgIpc) is 2.88. The minimum atomic E-state index is 0.0189. The molecule has 0 atom stereocenters. The molecule has 1 heterocycles. The molecule has 1 aliphatic rings. The number of hydrogen-bond acceptors (Lipinski definition) is 2. The Labute approximate surface area is 164 Å². The Balaban J connectivity index is 1.65. The molecule has 0 bridgehead atoms. The van der Waals surface area contributed by atoms with Gasteiger partial charge in [-0.1, -0.05) is 31.9 Å². The van der Waals surface area contributed by atoms with Gasteiger partial charge in [-0.05, 0) is 55.0 Å². The van der Waals surface area contributed by atoms with Crippen molar-refractivity contribution in [3.8, 4) is 0 Å². The summed E-state index contributed by atoms with van der Waals surface area (Å²) < 4.78 is 1.90. The molecule has 0 saturated carbocycles. The van der Waals surface area contributed by atoms with E-state index >= 15 is 0 Å². The van der Waals surface area contributed by atoms with Crippen LogP contribution < -0.4 is 0 Å². The van der Waals surface area contributed by atoms with Crippen LogP contribution in [0.2, 0.25) is 0 Å². The molecule has 6 heteroatoms. The zero-order chi connectivity index (χ0) is 17.8. The Hall–Kier alpha value is -1.66. The number of hydrogen-bond donors (Lipinski definition) is 0. The van der Waals surface area contributed by atoms with Crippen molar-refractivity contribution in [1.82, 2.24) is 9.80 Å². The summed E-state index contributed by atoms with van der Waals surface area (Å²) in [5.74, 6) is 0.0379. The van der Waals surface area contributed by atoms with Crippen LogP contribution in [0, 0.1) is 0 Å². The van der Waals surface area contributed by atoms with Crippen LogP contribution in [0.25, 0.3) is 0 Å². The minimum absolute atomic E-state index is 0.0189. The summed E-state index contributed by atoms with van der Waals surface area (Å²) in [5.41, 5.74) is 1.35. The molecule has 0 aromatic heterocycles. The summed E-state index contributed by atoms with van der Waals surface area (Å²) in [6.45, 7) is 2.44. The lowest BCUT2D eigenvalue weighted by Crippen LogP contribution is -2.37. The van der Waals surface area contributed by atoms with E-state index < -0.39 is 0 Å². The van der Waals surface area contributed by atoms with Gasteiger partial charge in [0, 0.05) is 46.3 Å². The lowest BCUT2D eigenvalue weighted by molar-refractivity contribution is 0.0718. The van der Waals surface area contributed by atoms with Gasteiger partial charge in [0.15, 0.2) is 0 Å². The maximum Gasteiger partial charge on any atom is 0.253 e. The van der Waals surface area contributed by atoms with Gasteiger partial charge in [-0.25, -0.2) is 0 Å². The predicted molar refractivity (Wildman–Crippen MR) is 105 cm³/mol. The van der Waals surface area contributed by atoms with E-state index in [2.05, 4.69) is 31.9 Å². The molecule has 0 N–H and O–H groups in total. The van der Waals surface area contributed by atoms with Crippen LogP contribution in [0.3, 0.4) is 0 Å². The fourth-order valence-corrected chi connectivity index (χ4v) is 3.40. The normalized spacial score (nSPS) is 15.0. The van der Waals surface area contributed by atoms with Gasteiger partial charge in [-0.2, -0.15) is 0 Å². The highest BCUT2D eigenvalue weighted by Gasteiger charge is 2.23. The summed E-state index contributed by atoms with van der Waals surface area (Å²) in [4.78, 5) is 29.0. The molecule has 25 heavy (non-hydrogen) atoms. The topological polar surface area (TPSA) is 40.6 Å². The molecule has 130 valence electrons. The fraction of sp³-hybridized carbons (Fsp3) is 0.263. The molecule has 2 aromatic rings. The van der Waals surface area contributed by atoms with Crippen molar-refractivity contribution in [2.24, 2.45) is 0 Å². The third-order valence-electron chi connectivity index (χ3n) is 4.25. The zero-order valence-corrected chi connectivity index (χ0v) is 16.8. The van der Waals surface area contributed by atoms with E-state index in [-0.39, 0.29) is 11.8 Å². The highest BCUT2D eigenvalue weighted by atomic mass is 79.9. The lowest BCUT2D eigenvalue weighted by Gasteiger charge is -2.22. The average molecular weight is 466 g/mol. The van der Waals surface area contributed by atoms with E-state index in [1.807, 2.05) is 58.3 Å². The van der Waals surface area contributed by atoms with Crippen LogP contribution in [0.4, 0.5) is 0 Å². The summed E-state index contributed by atoms with van der Waals surface area (Å²) in [6.07, 6.45) is 0.782. The molecule has 1 aliphatic heterocycles. The van der Waals surface area contributed by atoms with Crippen LogP contribution in [0.15, 0.2) is 57.5 Å². The van der Waals surface area contributed by atoms with Crippen LogP contribution in [0.5, 0.6) is 0 Å². The lowest BCUT2D eigenvalue weighted by atomic mass is 10.2. The van der Waals surface area contributed by atoms with Crippen LogP contribution in [0.1, 0.15) is 27.1 Å². The number of amides is 2. The van der Waals surface area contributed by atoms with E-state index in [4.69, 9.17) is 0 Å². The van der Waals surface area contributed by atoms with Gasteiger partial charge in [-0.3, -0.25) is 9.59 Å². The maximum atomic E-state index is 12.6. The molecule has 3 rings (SSSR count). The van der Waals surface area contributed by atoms with Crippen molar-refractivity contribution in [2.45, 2.75) is 6.42 Å². The number of halogens is 2. The van der Waals surface area contributed by atoms with Crippen LogP contribution in [-0.4, -0.2) is 47.8 Å². The molecular formula is C19H18Br2N2O2. The molecule has 4 nitrogen and oxygen atoms in total. The van der Waals surface area contributed by atoms with Gasteiger partial charge in [-0.15, -0.1) is 0 Å². The second kappa shape index (κ2) is 8.15. The number of rotatable bonds is 2. The van der Waals surface area contributed by atoms with Crippen molar-refractivity contribution in [2.75, 3.05) is 26.2 Å². The first-order valence-electron chi connectivity index (χ1n) is 8.14. The first kappa shape index (κ1) is 18.1. The first-order valence-corrected chi connectivity index (χ1v) is 9.73. The summed E-state index contributed by atoms with van der Waals surface area (Å²) in [5, 5.41) is 0. The monoisotopic (exact) mass is 464 g/mol. The largest absolute Gasteiger partial charge is 0.337 e. The van der Waals surface area contributed by atoms with E-state index in [9.17, 15) is 9.59 Å². The molecule has 2 amide bonds. The third-order valence-corrected chi connectivity index (χ3v) is 5.31. The van der Waals surface area contributed by atoms with Crippen molar-refractivity contribution in [1.29, 1.82) is 0 Å². The standard InChI is InChI=1S/C19H18Br2N2O2/c20-16-6-2-14(3-7-16)18(24)22-10-1-11-23(13-12-22)19(25)15-4-8-17(21)9-5-15/h2-9H,1,10-13H2. The van der Waals surface area contributed by atoms with Crippen molar-refractivity contribution < 1.29 is 9.59 Å². The summed E-state index contributed by atoms with van der Waals surface area (Å²) in [6, 6.07) is 14.8. The summed E-state index contributed by atoms with van der Waals surface area (Å²) >= 11 is 6.76. The molecular weight excluding hydrogens is 448 g/mol. The molecule has 0 aliphatic carbocycles. The Morgan fingerprint density at radius 1 is 0.640 bits per heavy atom. The second-order valence-electron chi connectivity index (χ2n) is 5.95. The minimum Gasteiger partial charge on any atom is -0.337 e. The van der Waals surface area contributed by atoms with E-state index in [1.54, 1.807) is 0 Å². The highest BCUT2D eigenvalue weighted by Crippen LogP contribution is 2.16. The fourth-order valence-electron chi connectivity index (χ4n) is 2.87. The van der Waals surface area contributed by atoms with E-state index in [1.165, 1.54) is 0 Å². The second-order valence-corrected chi connectivity index (χ2v) is 7.78. The van der Waals surface area contributed by atoms with Crippen molar-refractivity contribution in [3.63, 3.8) is 0 Å². The Morgan fingerprint density at radius 3 is 1.36 bits per heavy atom. The predicted octanol–water partition coefficient (Wildman–Crippen LogP) is 4.20.